The second-order valence-electron chi connectivity index (χ2n) is 6.95. The van der Waals surface area contributed by atoms with E-state index in [1.165, 1.54) is 36.4 Å². The van der Waals surface area contributed by atoms with Crippen LogP contribution in [-0.2, 0) is 6.54 Å². The lowest BCUT2D eigenvalue weighted by Crippen LogP contribution is -2.16. The van der Waals surface area contributed by atoms with E-state index in [9.17, 15) is 18.0 Å². The van der Waals surface area contributed by atoms with Gasteiger partial charge in [0.2, 0.25) is 5.78 Å². The molecule has 4 rings (SSSR count). The van der Waals surface area contributed by atoms with Gasteiger partial charge in [0.25, 0.3) is 0 Å². The maximum Gasteiger partial charge on any atom is 0.573 e. The standard InChI is InChI=1S/C24H16BrF3N2O2/c25-18-10-5-17(6-11-18)15-30-21-4-2-1-3-20(21)29-23(30)22(31)14-9-16-7-12-19(13-8-16)32-24(26,27)28/h1-14H,15H2/b14-9+. The van der Waals surface area contributed by atoms with Gasteiger partial charge in [0.15, 0.2) is 5.82 Å². The van der Waals surface area contributed by atoms with E-state index in [-0.39, 0.29) is 17.4 Å². The van der Waals surface area contributed by atoms with Crippen molar-refractivity contribution >= 4 is 38.8 Å². The summed E-state index contributed by atoms with van der Waals surface area (Å²) >= 11 is 3.42. The van der Waals surface area contributed by atoms with E-state index in [2.05, 4.69) is 25.7 Å². The van der Waals surface area contributed by atoms with Gasteiger partial charge in [-0.3, -0.25) is 4.79 Å². The molecular weight excluding hydrogens is 485 g/mol. The minimum absolute atomic E-state index is 0.280. The third kappa shape index (κ3) is 5.26. The average Bonchev–Trinajstić information content (AvgIpc) is 3.12. The van der Waals surface area contributed by atoms with Crippen LogP contribution >= 0.6 is 15.9 Å². The van der Waals surface area contributed by atoms with Gasteiger partial charge in [0.05, 0.1) is 11.0 Å². The van der Waals surface area contributed by atoms with Crippen molar-refractivity contribution in [2.24, 2.45) is 0 Å². The molecule has 1 aromatic heterocycles. The van der Waals surface area contributed by atoms with Crippen LogP contribution in [0.2, 0.25) is 0 Å². The summed E-state index contributed by atoms with van der Waals surface area (Å²) in [6.45, 7) is 0.464. The maximum atomic E-state index is 13.0. The number of halogens is 4. The zero-order chi connectivity index (χ0) is 22.7. The van der Waals surface area contributed by atoms with Crippen molar-refractivity contribution < 1.29 is 22.7 Å². The van der Waals surface area contributed by atoms with E-state index >= 15 is 0 Å². The molecule has 1 heterocycles. The number of benzene rings is 3. The van der Waals surface area contributed by atoms with E-state index in [1.54, 1.807) is 0 Å². The fraction of sp³-hybridized carbons (Fsp3) is 0.0833. The molecule has 0 fully saturated rings. The van der Waals surface area contributed by atoms with Crippen molar-refractivity contribution in [3.63, 3.8) is 0 Å². The fourth-order valence-corrected chi connectivity index (χ4v) is 3.49. The fourth-order valence-electron chi connectivity index (χ4n) is 3.22. The summed E-state index contributed by atoms with van der Waals surface area (Å²) in [5.74, 6) is -0.353. The Kier molecular flexibility index (Phi) is 6.14. The number of hydrogen-bond donors (Lipinski definition) is 0. The lowest BCUT2D eigenvalue weighted by molar-refractivity contribution is -0.274. The van der Waals surface area contributed by atoms with Crippen LogP contribution in [0.15, 0.2) is 83.3 Å². The molecule has 162 valence electrons. The number of nitrogens with zero attached hydrogens (tertiary/aromatic N) is 2. The topological polar surface area (TPSA) is 44.1 Å². The Morgan fingerprint density at radius 2 is 1.69 bits per heavy atom. The summed E-state index contributed by atoms with van der Waals surface area (Å²) in [6, 6.07) is 20.6. The van der Waals surface area contributed by atoms with Gasteiger partial charge in [-0.1, -0.05) is 58.4 Å². The number of ether oxygens (including phenoxy) is 1. The van der Waals surface area contributed by atoms with Gasteiger partial charge in [-0.2, -0.15) is 0 Å². The molecule has 8 heteroatoms. The van der Waals surface area contributed by atoms with Crippen LogP contribution in [0.1, 0.15) is 21.7 Å². The molecule has 0 saturated carbocycles. The van der Waals surface area contributed by atoms with Crippen LogP contribution in [0.5, 0.6) is 5.75 Å². The van der Waals surface area contributed by atoms with Crippen LogP contribution in [0.25, 0.3) is 17.1 Å². The normalized spacial score (nSPS) is 11.9. The molecule has 32 heavy (non-hydrogen) atoms. The first-order valence-corrected chi connectivity index (χ1v) is 10.4. The van der Waals surface area contributed by atoms with Crippen LogP contribution < -0.4 is 4.74 Å². The van der Waals surface area contributed by atoms with Crippen LogP contribution in [-0.4, -0.2) is 21.7 Å². The van der Waals surface area contributed by atoms with Crippen molar-refractivity contribution in [2.75, 3.05) is 0 Å². The Balaban J connectivity index is 1.60. The minimum atomic E-state index is -4.75. The lowest BCUT2D eigenvalue weighted by atomic mass is 10.2. The Bertz CT molecular complexity index is 1280. The molecule has 0 aliphatic heterocycles. The number of rotatable bonds is 6. The predicted molar refractivity (Wildman–Crippen MR) is 119 cm³/mol. The van der Waals surface area contributed by atoms with Gasteiger partial charge in [-0.05, 0) is 53.6 Å². The third-order valence-electron chi connectivity index (χ3n) is 4.67. The highest BCUT2D eigenvalue weighted by molar-refractivity contribution is 9.10. The summed E-state index contributed by atoms with van der Waals surface area (Å²) in [5.41, 5.74) is 3.11. The number of fused-ring (bicyclic) bond motifs is 1. The molecule has 0 spiro atoms. The number of alkyl halides is 3. The summed E-state index contributed by atoms with van der Waals surface area (Å²) in [7, 11) is 0. The molecular formula is C24H16BrF3N2O2. The highest BCUT2D eigenvalue weighted by Gasteiger charge is 2.30. The summed E-state index contributed by atoms with van der Waals surface area (Å²) in [4.78, 5) is 17.5. The predicted octanol–water partition coefficient (Wildman–Crippen LogP) is 6.64. The molecule has 0 radical (unpaired) electrons. The molecule has 0 N–H and O–H groups in total. The van der Waals surface area contributed by atoms with E-state index in [0.717, 1.165) is 15.6 Å². The van der Waals surface area contributed by atoms with Gasteiger partial charge in [-0.15, -0.1) is 13.2 Å². The monoisotopic (exact) mass is 500 g/mol. The van der Waals surface area contributed by atoms with Crippen molar-refractivity contribution in [3.05, 3.63) is 100 Å². The number of hydrogen-bond acceptors (Lipinski definition) is 3. The van der Waals surface area contributed by atoms with E-state index < -0.39 is 6.36 Å². The molecule has 0 atom stereocenters. The van der Waals surface area contributed by atoms with Gasteiger partial charge >= 0.3 is 6.36 Å². The molecule has 0 amide bonds. The molecule has 0 aliphatic carbocycles. The molecule has 3 aromatic carbocycles. The van der Waals surface area contributed by atoms with Crippen molar-refractivity contribution in [2.45, 2.75) is 12.9 Å². The Labute approximate surface area is 190 Å². The molecule has 0 aliphatic rings. The smallest absolute Gasteiger partial charge is 0.406 e. The largest absolute Gasteiger partial charge is 0.573 e. The van der Waals surface area contributed by atoms with Crippen LogP contribution in [0.4, 0.5) is 13.2 Å². The summed E-state index contributed by atoms with van der Waals surface area (Å²) in [6.07, 6.45) is -1.86. The summed E-state index contributed by atoms with van der Waals surface area (Å²) in [5, 5.41) is 0. The third-order valence-corrected chi connectivity index (χ3v) is 5.20. The molecule has 0 saturated heterocycles. The molecule has 0 bridgehead atoms. The first kappa shape index (κ1) is 21.8. The van der Waals surface area contributed by atoms with E-state index in [1.807, 2.05) is 53.1 Å². The van der Waals surface area contributed by atoms with Crippen LogP contribution in [0.3, 0.4) is 0 Å². The van der Waals surface area contributed by atoms with Gasteiger partial charge < -0.3 is 9.30 Å². The van der Waals surface area contributed by atoms with E-state index in [0.29, 0.717) is 17.6 Å². The second-order valence-corrected chi connectivity index (χ2v) is 7.87. The quantitative estimate of drug-likeness (QED) is 0.220. The highest BCUT2D eigenvalue weighted by Crippen LogP contribution is 2.23. The number of para-hydroxylation sites is 2. The SMILES string of the molecule is O=C(/C=C/c1ccc(OC(F)(F)F)cc1)c1nc2ccccc2n1Cc1ccc(Br)cc1. The zero-order valence-corrected chi connectivity index (χ0v) is 18.1. The second kappa shape index (κ2) is 9.00. The number of carbonyl (C=O) groups is 1. The minimum Gasteiger partial charge on any atom is -0.406 e. The highest BCUT2D eigenvalue weighted by atomic mass is 79.9. The van der Waals surface area contributed by atoms with Crippen molar-refractivity contribution in [3.8, 4) is 5.75 Å². The van der Waals surface area contributed by atoms with Crippen LogP contribution in [0, 0.1) is 0 Å². The van der Waals surface area contributed by atoms with Crippen molar-refractivity contribution in [1.29, 1.82) is 0 Å². The molecule has 0 unspecified atom stereocenters. The Morgan fingerprint density at radius 1 is 1.00 bits per heavy atom. The number of ketones is 1. The lowest BCUT2D eigenvalue weighted by Gasteiger charge is -2.09. The van der Waals surface area contributed by atoms with Gasteiger partial charge in [-0.25, -0.2) is 4.98 Å². The number of imidazole rings is 1. The first-order valence-electron chi connectivity index (χ1n) is 9.56. The molecule has 4 nitrogen and oxygen atoms in total. The van der Waals surface area contributed by atoms with Gasteiger partial charge in [0.1, 0.15) is 5.75 Å². The Morgan fingerprint density at radius 3 is 2.38 bits per heavy atom. The maximum absolute atomic E-state index is 13.0. The molecule has 4 aromatic rings. The van der Waals surface area contributed by atoms with E-state index in [4.69, 9.17) is 0 Å². The zero-order valence-electron chi connectivity index (χ0n) is 16.5. The summed E-state index contributed by atoms with van der Waals surface area (Å²) < 4.78 is 43.5. The number of allylic oxidation sites excluding steroid dienone is 1. The van der Waals surface area contributed by atoms with Crippen molar-refractivity contribution in [1.82, 2.24) is 9.55 Å². The Hall–Kier alpha value is -3.39. The first-order chi connectivity index (χ1) is 15.3. The van der Waals surface area contributed by atoms with Gasteiger partial charge in [0, 0.05) is 11.0 Å². The number of aromatic nitrogens is 2. The number of carbonyl (C=O) groups excluding carboxylic acids is 1. The average molecular weight is 501 g/mol.